The zero-order valence-corrected chi connectivity index (χ0v) is 14.3. The van der Waals surface area contributed by atoms with Crippen LogP contribution in [0.1, 0.15) is 34.0 Å². The van der Waals surface area contributed by atoms with E-state index in [1.807, 2.05) is 44.2 Å². The molecule has 0 aliphatic carbocycles. The predicted molar refractivity (Wildman–Crippen MR) is 97.0 cm³/mol. The predicted octanol–water partition coefficient (Wildman–Crippen LogP) is 3.33. The molecule has 4 nitrogen and oxygen atoms in total. The normalized spacial score (nSPS) is 13.8. The number of amides is 1. The number of anilines is 1. The highest BCUT2D eigenvalue weighted by atomic mass is 16.5. The van der Waals surface area contributed by atoms with Crippen molar-refractivity contribution in [3.63, 3.8) is 0 Å². The van der Waals surface area contributed by atoms with Gasteiger partial charge in [-0.05, 0) is 86.8 Å². The Kier molecular flexibility index (Phi) is 5.16. The molecule has 2 N–H and O–H groups in total. The minimum Gasteiger partial charge on any atom is -0.494 e. The number of ether oxygens (including phenoxy) is 1. The van der Waals surface area contributed by atoms with Crippen LogP contribution in [0.4, 0.5) is 5.69 Å². The first-order chi connectivity index (χ1) is 11.7. The second kappa shape index (κ2) is 7.49. The summed E-state index contributed by atoms with van der Waals surface area (Å²) in [6.07, 6.45) is 1.99. The van der Waals surface area contributed by atoms with Crippen LogP contribution in [-0.2, 0) is 12.8 Å². The molecule has 0 spiro atoms. The van der Waals surface area contributed by atoms with E-state index in [-0.39, 0.29) is 5.91 Å². The monoisotopic (exact) mass is 324 g/mol. The van der Waals surface area contributed by atoms with Crippen molar-refractivity contribution in [2.75, 3.05) is 25.0 Å². The SMILES string of the molecule is CCOc1ccc(NC(=O)c2ccc3c(c2)CCNCC3)c(C)c1. The lowest BCUT2D eigenvalue weighted by Gasteiger charge is -2.12. The zero-order chi connectivity index (χ0) is 16.9. The molecule has 0 saturated carbocycles. The number of hydrogen-bond acceptors (Lipinski definition) is 3. The average molecular weight is 324 g/mol. The van der Waals surface area contributed by atoms with E-state index in [0.29, 0.717) is 12.2 Å². The highest BCUT2D eigenvalue weighted by molar-refractivity contribution is 6.04. The van der Waals surface area contributed by atoms with Crippen LogP contribution in [0.5, 0.6) is 5.75 Å². The van der Waals surface area contributed by atoms with Gasteiger partial charge in [-0.15, -0.1) is 0 Å². The van der Waals surface area contributed by atoms with Gasteiger partial charge in [-0.2, -0.15) is 0 Å². The molecule has 0 aromatic heterocycles. The fourth-order valence-electron chi connectivity index (χ4n) is 3.04. The fourth-order valence-corrected chi connectivity index (χ4v) is 3.04. The Balaban J connectivity index is 1.76. The number of carbonyl (C=O) groups excluding carboxylic acids is 1. The molecule has 1 amide bonds. The number of hydrogen-bond donors (Lipinski definition) is 2. The summed E-state index contributed by atoms with van der Waals surface area (Å²) in [4.78, 5) is 12.6. The first kappa shape index (κ1) is 16.5. The summed E-state index contributed by atoms with van der Waals surface area (Å²) >= 11 is 0. The summed E-state index contributed by atoms with van der Waals surface area (Å²) in [5, 5.41) is 6.40. The zero-order valence-electron chi connectivity index (χ0n) is 14.3. The van der Waals surface area contributed by atoms with Gasteiger partial charge < -0.3 is 15.4 Å². The smallest absolute Gasteiger partial charge is 0.255 e. The van der Waals surface area contributed by atoms with Gasteiger partial charge >= 0.3 is 0 Å². The van der Waals surface area contributed by atoms with Crippen molar-refractivity contribution in [2.45, 2.75) is 26.7 Å². The summed E-state index contributed by atoms with van der Waals surface area (Å²) in [5.74, 6) is 0.757. The van der Waals surface area contributed by atoms with Crippen molar-refractivity contribution in [2.24, 2.45) is 0 Å². The Bertz CT molecular complexity index is 740. The Morgan fingerprint density at radius 2 is 1.92 bits per heavy atom. The molecule has 1 aliphatic heterocycles. The highest BCUT2D eigenvalue weighted by Crippen LogP contribution is 2.23. The van der Waals surface area contributed by atoms with E-state index in [0.717, 1.165) is 42.9 Å². The molecule has 1 heterocycles. The molecule has 0 fully saturated rings. The summed E-state index contributed by atoms with van der Waals surface area (Å²) in [7, 11) is 0. The molecule has 2 aromatic rings. The molecule has 3 rings (SSSR count). The Labute approximate surface area is 143 Å². The molecule has 2 aromatic carbocycles. The molecule has 0 saturated heterocycles. The minimum atomic E-state index is -0.0673. The van der Waals surface area contributed by atoms with Gasteiger partial charge in [0.25, 0.3) is 5.91 Å². The Hall–Kier alpha value is -2.33. The number of benzene rings is 2. The second-order valence-corrected chi connectivity index (χ2v) is 6.10. The third-order valence-electron chi connectivity index (χ3n) is 4.37. The molecule has 0 unspecified atom stereocenters. The Morgan fingerprint density at radius 1 is 1.12 bits per heavy atom. The van der Waals surface area contributed by atoms with E-state index >= 15 is 0 Å². The molecule has 1 aliphatic rings. The van der Waals surface area contributed by atoms with Crippen LogP contribution >= 0.6 is 0 Å². The maximum Gasteiger partial charge on any atom is 0.255 e. The lowest BCUT2D eigenvalue weighted by molar-refractivity contribution is 0.102. The van der Waals surface area contributed by atoms with Crippen molar-refractivity contribution >= 4 is 11.6 Å². The highest BCUT2D eigenvalue weighted by Gasteiger charge is 2.13. The minimum absolute atomic E-state index is 0.0673. The first-order valence-corrected chi connectivity index (χ1v) is 8.54. The van der Waals surface area contributed by atoms with Crippen LogP contribution in [0.25, 0.3) is 0 Å². The molecule has 0 bridgehead atoms. The van der Waals surface area contributed by atoms with Crippen LogP contribution in [0.15, 0.2) is 36.4 Å². The Morgan fingerprint density at radius 3 is 2.67 bits per heavy atom. The number of rotatable bonds is 4. The van der Waals surface area contributed by atoms with E-state index in [4.69, 9.17) is 4.74 Å². The molecular formula is C20H24N2O2. The first-order valence-electron chi connectivity index (χ1n) is 8.54. The van der Waals surface area contributed by atoms with E-state index in [2.05, 4.69) is 16.7 Å². The van der Waals surface area contributed by atoms with Crippen LogP contribution in [0.2, 0.25) is 0 Å². The largest absolute Gasteiger partial charge is 0.494 e. The lowest BCUT2D eigenvalue weighted by atomic mass is 9.99. The van der Waals surface area contributed by atoms with Gasteiger partial charge in [-0.25, -0.2) is 0 Å². The number of fused-ring (bicyclic) bond motifs is 1. The van der Waals surface area contributed by atoms with Gasteiger partial charge in [0, 0.05) is 11.3 Å². The third-order valence-corrected chi connectivity index (χ3v) is 4.37. The second-order valence-electron chi connectivity index (χ2n) is 6.10. The number of nitrogens with one attached hydrogen (secondary N) is 2. The van der Waals surface area contributed by atoms with Crippen LogP contribution < -0.4 is 15.4 Å². The number of carbonyl (C=O) groups is 1. The molecule has 24 heavy (non-hydrogen) atoms. The third kappa shape index (κ3) is 3.77. The van der Waals surface area contributed by atoms with E-state index in [1.165, 1.54) is 11.1 Å². The molecule has 0 radical (unpaired) electrons. The van der Waals surface area contributed by atoms with Crippen molar-refractivity contribution < 1.29 is 9.53 Å². The maximum atomic E-state index is 12.6. The van der Waals surface area contributed by atoms with Gasteiger partial charge in [-0.1, -0.05) is 6.07 Å². The average Bonchev–Trinajstić information content (AvgIpc) is 2.82. The molecule has 126 valence electrons. The lowest BCUT2D eigenvalue weighted by Crippen LogP contribution is -2.16. The molecular weight excluding hydrogens is 300 g/mol. The number of aryl methyl sites for hydroxylation is 1. The van der Waals surface area contributed by atoms with Gasteiger partial charge in [0.05, 0.1) is 6.61 Å². The molecule has 0 atom stereocenters. The topological polar surface area (TPSA) is 50.4 Å². The summed E-state index contributed by atoms with van der Waals surface area (Å²) < 4.78 is 5.49. The quantitative estimate of drug-likeness (QED) is 0.907. The van der Waals surface area contributed by atoms with Crippen LogP contribution in [-0.4, -0.2) is 25.6 Å². The maximum absolute atomic E-state index is 12.6. The van der Waals surface area contributed by atoms with Gasteiger partial charge in [0.1, 0.15) is 5.75 Å². The standard InChI is InChI=1S/C20H24N2O2/c1-3-24-18-6-7-19(14(2)12-18)22-20(23)17-5-4-15-8-10-21-11-9-16(15)13-17/h4-7,12-13,21H,3,8-11H2,1-2H3,(H,22,23). The van der Waals surface area contributed by atoms with E-state index in [9.17, 15) is 4.79 Å². The van der Waals surface area contributed by atoms with E-state index in [1.54, 1.807) is 0 Å². The van der Waals surface area contributed by atoms with Gasteiger partial charge in [0.2, 0.25) is 0 Å². The van der Waals surface area contributed by atoms with E-state index < -0.39 is 0 Å². The fraction of sp³-hybridized carbons (Fsp3) is 0.350. The molecule has 4 heteroatoms. The van der Waals surface area contributed by atoms with Gasteiger partial charge in [0.15, 0.2) is 0 Å². The summed E-state index contributed by atoms with van der Waals surface area (Å²) in [6, 6.07) is 11.8. The van der Waals surface area contributed by atoms with Crippen molar-refractivity contribution in [3.05, 3.63) is 58.7 Å². The van der Waals surface area contributed by atoms with Crippen molar-refractivity contribution in [1.82, 2.24) is 5.32 Å². The summed E-state index contributed by atoms with van der Waals surface area (Å²) in [6.45, 7) is 6.54. The van der Waals surface area contributed by atoms with Gasteiger partial charge in [-0.3, -0.25) is 4.79 Å². The van der Waals surface area contributed by atoms with Crippen molar-refractivity contribution in [1.29, 1.82) is 0 Å². The van der Waals surface area contributed by atoms with Crippen LogP contribution in [0, 0.1) is 6.92 Å². The summed E-state index contributed by atoms with van der Waals surface area (Å²) in [5.41, 5.74) is 5.14. The van der Waals surface area contributed by atoms with Crippen molar-refractivity contribution in [3.8, 4) is 5.75 Å². The van der Waals surface area contributed by atoms with Crippen LogP contribution in [0.3, 0.4) is 0 Å².